The minimum atomic E-state index is -0.245. The van der Waals surface area contributed by atoms with Gasteiger partial charge in [-0.3, -0.25) is 9.89 Å². The first-order valence-electron chi connectivity index (χ1n) is 6.75. The summed E-state index contributed by atoms with van der Waals surface area (Å²) in [6.07, 6.45) is 1.92. The van der Waals surface area contributed by atoms with E-state index in [4.69, 9.17) is 9.47 Å². The zero-order valence-electron chi connectivity index (χ0n) is 12.4. The van der Waals surface area contributed by atoms with Crippen molar-refractivity contribution in [3.63, 3.8) is 0 Å². The first-order valence-corrected chi connectivity index (χ1v) is 6.75. The number of rotatable bonds is 6. The average molecular weight is 289 g/mol. The van der Waals surface area contributed by atoms with Gasteiger partial charge in [-0.05, 0) is 24.6 Å². The van der Waals surface area contributed by atoms with Crippen molar-refractivity contribution in [2.45, 2.75) is 19.8 Å². The molecule has 0 fully saturated rings. The summed E-state index contributed by atoms with van der Waals surface area (Å²) >= 11 is 0. The summed E-state index contributed by atoms with van der Waals surface area (Å²) < 4.78 is 10.3. The summed E-state index contributed by atoms with van der Waals surface area (Å²) in [5.41, 5.74) is 1.48. The van der Waals surface area contributed by atoms with Gasteiger partial charge in [-0.1, -0.05) is 13.3 Å². The van der Waals surface area contributed by atoms with E-state index in [1.54, 1.807) is 25.3 Å². The number of ether oxygens (including phenoxy) is 2. The lowest BCUT2D eigenvalue weighted by atomic mass is 10.2. The highest BCUT2D eigenvalue weighted by Gasteiger charge is 2.12. The molecule has 21 heavy (non-hydrogen) atoms. The monoisotopic (exact) mass is 289 g/mol. The second-order valence-electron chi connectivity index (χ2n) is 4.55. The van der Waals surface area contributed by atoms with Gasteiger partial charge in [0.05, 0.1) is 14.2 Å². The minimum Gasteiger partial charge on any atom is -0.493 e. The van der Waals surface area contributed by atoms with E-state index < -0.39 is 0 Å². The molecule has 2 N–H and O–H groups in total. The normalized spacial score (nSPS) is 10.2. The van der Waals surface area contributed by atoms with Crippen LogP contribution in [0, 0.1) is 0 Å². The van der Waals surface area contributed by atoms with Crippen LogP contribution in [0.5, 0.6) is 11.5 Å². The number of benzene rings is 1. The van der Waals surface area contributed by atoms with Gasteiger partial charge in [0.15, 0.2) is 17.3 Å². The predicted octanol–water partition coefficient (Wildman–Crippen LogP) is 2.63. The Hall–Kier alpha value is -2.50. The van der Waals surface area contributed by atoms with E-state index in [9.17, 15) is 4.79 Å². The molecule has 2 aromatic rings. The third kappa shape index (κ3) is 3.53. The highest BCUT2D eigenvalue weighted by molar-refractivity contribution is 6.04. The van der Waals surface area contributed by atoms with Crippen molar-refractivity contribution in [1.82, 2.24) is 10.2 Å². The van der Waals surface area contributed by atoms with E-state index in [0.29, 0.717) is 22.9 Å². The van der Waals surface area contributed by atoms with Crippen molar-refractivity contribution in [2.75, 3.05) is 19.5 Å². The number of aromatic amines is 1. The summed E-state index contributed by atoms with van der Waals surface area (Å²) in [6, 6.07) is 6.84. The molecule has 0 aliphatic rings. The van der Waals surface area contributed by atoms with Crippen LogP contribution in [0.25, 0.3) is 0 Å². The molecule has 0 aliphatic heterocycles. The molecule has 1 amide bonds. The van der Waals surface area contributed by atoms with Crippen LogP contribution in [0.3, 0.4) is 0 Å². The topological polar surface area (TPSA) is 76.2 Å². The maximum atomic E-state index is 12.2. The van der Waals surface area contributed by atoms with Gasteiger partial charge in [0, 0.05) is 17.3 Å². The standard InChI is InChI=1S/C15H19N3O3/c1-4-5-11-9-14(18-17-11)16-15(19)10-6-7-12(20-2)13(8-10)21-3/h6-9H,4-5H2,1-3H3,(H2,16,17,18,19). The van der Waals surface area contributed by atoms with E-state index in [2.05, 4.69) is 22.4 Å². The zero-order chi connectivity index (χ0) is 15.2. The maximum absolute atomic E-state index is 12.2. The second-order valence-corrected chi connectivity index (χ2v) is 4.55. The molecular weight excluding hydrogens is 270 g/mol. The first-order chi connectivity index (χ1) is 10.2. The van der Waals surface area contributed by atoms with E-state index in [1.807, 2.05) is 6.07 Å². The lowest BCUT2D eigenvalue weighted by molar-refractivity contribution is 0.102. The quantitative estimate of drug-likeness (QED) is 0.857. The Morgan fingerprint density at radius 2 is 2.00 bits per heavy atom. The van der Waals surface area contributed by atoms with Crippen LogP contribution in [-0.4, -0.2) is 30.3 Å². The molecule has 6 heteroatoms. The number of anilines is 1. The number of aromatic nitrogens is 2. The molecule has 112 valence electrons. The molecule has 0 aliphatic carbocycles. The van der Waals surface area contributed by atoms with Crippen LogP contribution in [-0.2, 0) is 6.42 Å². The molecule has 0 spiro atoms. The van der Waals surface area contributed by atoms with Crippen LogP contribution in [0.2, 0.25) is 0 Å². The number of nitrogens with one attached hydrogen (secondary N) is 2. The number of hydrogen-bond acceptors (Lipinski definition) is 4. The average Bonchev–Trinajstić information content (AvgIpc) is 2.94. The second kappa shape index (κ2) is 6.78. The van der Waals surface area contributed by atoms with E-state index in [1.165, 1.54) is 7.11 Å². The number of aryl methyl sites for hydroxylation is 1. The summed E-state index contributed by atoms with van der Waals surface area (Å²) in [6.45, 7) is 2.09. The Labute approximate surface area is 123 Å². The van der Waals surface area contributed by atoms with Crippen LogP contribution in [0.15, 0.2) is 24.3 Å². The molecule has 0 saturated heterocycles. The fraction of sp³-hybridized carbons (Fsp3) is 0.333. The van der Waals surface area contributed by atoms with E-state index in [-0.39, 0.29) is 5.91 Å². The molecular formula is C15H19N3O3. The van der Waals surface area contributed by atoms with Gasteiger partial charge in [-0.25, -0.2) is 0 Å². The molecule has 0 unspecified atom stereocenters. The summed E-state index contributed by atoms with van der Waals surface area (Å²) in [7, 11) is 3.08. The Balaban J connectivity index is 2.12. The smallest absolute Gasteiger partial charge is 0.257 e. The van der Waals surface area contributed by atoms with Crippen LogP contribution >= 0.6 is 0 Å². The Bertz CT molecular complexity index is 622. The number of carbonyl (C=O) groups excluding carboxylic acids is 1. The molecule has 0 atom stereocenters. The number of methoxy groups -OCH3 is 2. The summed E-state index contributed by atoms with van der Waals surface area (Å²) in [5.74, 6) is 1.36. The van der Waals surface area contributed by atoms with E-state index >= 15 is 0 Å². The van der Waals surface area contributed by atoms with Crippen LogP contribution in [0.4, 0.5) is 5.82 Å². The molecule has 6 nitrogen and oxygen atoms in total. The molecule has 0 radical (unpaired) electrons. The third-order valence-electron chi connectivity index (χ3n) is 3.04. The Morgan fingerprint density at radius 1 is 1.24 bits per heavy atom. The zero-order valence-corrected chi connectivity index (χ0v) is 12.4. The van der Waals surface area contributed by atoms with Crippen molar-refractivity contribution in [1.29, 1.82) is 0 Å². The van der Waals surface area contributed by atoms with Crippen LogP contribution in [0.1, 0.15) is 29.4 Å². The third-order valence-corrected chi connectivity index (χ3v) is 3.04. The van der Waals surface area contributed by atoms with Gasteiger partial charge >= 0.3 is 0 Å². The fourth-order valence-corrected chi connectivity index (χ4v) is 1.99. The van der Waals surface area contributed by atoms with Gasteiger partial charge in [-0.2, -0.15) is 5.10 Å². The summed E-state index contributed by atoms with van der Waals surface area (Å²) in [4.78, 5) is 12.2. The Kier molecular flexibility index (Phi) is 4.81. The molecule has 2 rings (SSSR count). The van der Waals surface area contributed by atoms with Crippen molar-refractivity contribution in [2.24, 2.45) is 0 Å². The molecule has 1 aromatic carbocycles. The van der Waals surface area contributed by atoms with Crippen molar-refractivity contribution < 1.29 is 14.3 Å². The van der Waals surface area contributed by atoms with Crippen molar-refractivity contribution >= 4 is 11.7 Å². The number of nitrogens with zero attached hydrogens (tertiary/aromatic N) is 1. The van der Waals surface area contributed by atoms with Gasteiger partial charge in [0.25, 0.3) is 5.91 Å². The van der Waals surface area contributed by atoms with Gasteiger partial charge in [0.2, 0.25) is 0 Å². The first kappa shape index (κ1) is 14.9. The predicted molar refractivity (Wildman–Crippen MR) is 80.1 cm³/mol. The van der Waals surface area contributed by atoms with Gasteiger partial charge in [0.1, 0.15) is 0 Å². The highest BCUT2D eigenvalue weighted by atomic mass is 16.5. The van der Waals surface area contributed by atoms with Crippen molar-refractivity contribution in [3.8, 4) is 11.5 Å². The SMILES string of the molecule is CCCc1cc(NC(=O)c2ccc(OC)c(OC)c2)n[nH]1. The number of carbonyl (C=O) groups is 1. The van der Waals surface area contributed by atoms with Crippen LogP contribution < -0.4 is 14.8 Å². The maximum Gasteiger partial charge on any atom is 0.257 e. The lowest BCUT2D eigenvalue weighted by Gasteiger charge is -2.09. The molecule has 0 saturated carbocycles. The largest absolute Gasteiger partial charge is 0.493 e. The minimum absolute atomic E-state index is 0.245. The fourth-order valence-electron chi connectivity index (χ4n) is 1.99. The highest BCUT2D eigenvalue weighted by Crippen LogP contribution is 2.27. The lowest BCUT2D eigenvalue weighted by Crippen LogP contribution is -2.12. The molecule has 1 aromatic heterocycles. The Morgan fingerprint density at radius 3 is 2.67 bits per heavy atom. The molecule has 1 heterocycles. The number of hydrogen-bond donors (Lipinski definition) is 2. The number of H-pyrrole nitrogens is 1. The van der Waals surface area contributed by atoms with Crippen molar-refractivity contribution in [3.05, 3.63) is 35.5 Å². The summed E-state index contributed by atoms with van der Waals surface area (Å²) in [5, 5.41) is 9.71. The van der Waals surface area contributed by atoms with Gasteiger partial charge in [-0.15, -0.1) is 0 Å². The number of amides is 1. The van der Waals surface area contributed by atoms with E-state index in [0.717, 1.165) is 18.5 Å². The molecule has 0 bridgehead atoms. The van der Waals surface area contributed by atoms with Gasteiger partial charge < -0.3 is 14.8 Å².